The molecule has 1 aromatic carbocycles. The van der Waals surface area contributed by atoms with Crippen LogP contribution >= 0.6 is 0 Å². The van der Waals surface area contributed by atoms with Gasteiger partial charge >= 0.3 is 0 Å². The molecular weight excluding hydrogens is 302 g/mol. The second-order valence-corrected chi connectivity index (χ2v) is 6.20. The number of aromatic nitrogens is 4. The normalized spacial score (nSPS) is 16.0. The van der Waals surface area contributed by atoms with Crippen LogP contribution in [0.5, 0.6) is 0 Å². The minimum atomic E-state index is 0.398. The van der Waals surface area contributed by atoms with Crippen molar-refractivity contribution in [2.75, 3.05) is 25.1 Å². The Hall–Kier alpha value is -2.47. The number of nitrogens with zero attached hydrogens (tertiary/aromatic N) is 5. The number of piperidine rings is 1. The van der Waals surface area contributed by atoms with E-state index in [2.05, 4.69) is 50.5 Å². The molecule has 0 spiro atoms. The van der Waals surface area contributed by atoms with Crippen LogP contribution < -0.4 is 4.90 Å². The van der Waals surface area contributed by atoms with E-state index in [0.717, 1.165) is 37.4 Å². The van der Waals surface area contributed by atoms with Crippen molar-refractivity contribution >= 4 is 16.6 Å². The molecule has 2 aromatic heterocycles. The maximum atomic E-state index is 5.11. The zero-order chi connectivity index (χ0) is 16.4. The Bertz CT molecular complexity index is 818. The zero-order valence-corrected chi connectivity index (χ0v) is 13.8. The highest BCUT2D eigenvalue weighted by Crippen LogP contribution is 2.29. The van der Waals surface area contributed by atoms with Crippen molar-refractivity contribution in [2.45, 2.75) is 25.5 Å². The van der Waals surface area contributed by atoms with Crippen LogP contribution in [0.25, 0.3) is 10.8 Å². The molecule has 0 unspecified atom stereocenters. The van der Waals surface area contributed by atoms with Gasteiger partial charge < -0.3 is 9.64 Å². The Balaban J connectivity index is 1.49. The van der Waals surface area contributed by atoms with Crippen LogP contribution in [0.1, 0.15) is 24.6 Å². The van der Waals surface area contributed by atoms with Crippen molar-refractivity contribution in [3.63, 3.8) is 0 Å². The van der Waals surface area contributed by atoms with Crippen molar-refractivity contribution in [1.29, 1.82) is 0 Å². The minimum absolute atomic E-state index is 0.398. The third-order valence-corrected chi connectivity index (χ3v) is 4.64. The fraction of sp³-hybridized carbons (Fsp3) is 0.389. The summed E-state index contributed by atoms with van der Waals surface area (Å²) in [5, 5.41) is 10.9. The quantitative estimate of drug-likeness (QED) is 0.739. The smallest absolute Gasteiger partial charge is 0.136 e. The highest BCUT2D eigenvalue weighted by Gasteiger charge is 2.23. The number of hydrogen-bond acceptors (Lipinski definition) is 5. The van der Waals surface area contributed by atoms with Crippen LogP contribution in [0.2, 0.25) is 0 Å². The molecule has 0 aliphatic carbocycles. The third-order valence-electron chi connectivity index (χ3n) is 4.64. The lowest BCUT2D eigenvalue weighted by atomic mass is 10.0. The van der Waals surface area contributed by atoms with Crippen LogP contribution in [-0.4, -0.2) is 40.2 Å². The summed E-state index contributed by atoms with van der Waals surface area (Å²) in [4.78, 5) is 7.01. The summed E-state index contributed by atoms with van der Waals surface area (Å²) in [7, 11) is 1.68. The predicted molar refractivity (Wildman–Crippen MR) is 93.0 cm³/mol. The van der Waals surface area contributed by atoms with Gasteiger partial charge in [0.15, 0.2) is 0 Å². The molecule has 4 rings (SSSR count). The average molecular weight is 323 g/mol. The largest absolute Gasteiger partial charge is 0.378 e. The maximum absolute atomic E-state index is 5.11. The van der Waals surface area contributed by atoms with Gasteiger partial charge in [0.25, 0.3) is 0 Å². The molecule has 6 heteroatoms. The summed E-state index contributed by atoms with van der Waals surface area (Å²) < 4.78 is 7.10. The van der Waals surface area contributed by atoms with Gasteiger partial charge in [-0.15, -0.1) is 5.10 Å². The summed E-state index contributed by atoms with van der Waals surface area (Å²) in [6.07, 6.45) is 5.99. The van der Waals surface area contributed by atoms with E-state index in [1.807, 2.05) is 17.1 Å². The van der Waals surface area contributed by atoms with E-state index in [0.29, 0.717) is 12.6 Å². The van der Waals surface area contributed by atoms with Gasteiger partial charge in [-0.25, -0.2) is 9.67 Å². The zero-order valence-electron chi connectivity index (χ0n) is 13.8. The van der Waals surface area contributed by atoms with Gasteiger partial charge in [-0.2, -0.15) is 0 Å². The first kappa shape index (κ1) is 15.1. The van der Waals surface area contributed by atoms with Crippen LogP contribution in [-0.2, 0) is 11.3 Å². The Labute approximate surface area is 141 Å². The number of ether oxygens (including phenoxy) is 1. The highest BCUT2D eigenvalue weighted by molar-refractivity contribution is 5.92. The van der Waals surface area contributed by atoms with E-state index in [4.69, 9.17) is 4.74 Å². The number of benzene rings is 1. The SMILES string of the molecule is COCc1cn(C2CCN(c3nccc4ccccc34)CC2)nn1. The topological polar surface area (TPSA) is 56.1 Å². The molecule has 0 N–H and O–H groups in total. The van der Waals surface area contributed by atoms with Gasteiger partial charge in [0.2, 0.25) is 0 Å². The second kappa shape index (κ2) is 6.57. The summed E-state index contributed by atoms with van der Waals surface area (Å²) in [5.74, 6) is 1.09. The molecule has 124 valence electrons. The molecule has 24 heavy (non-hydrogen) atoms. The monoisotopic (exact) mass is 323 g/mol. The van der Waals surface area contributed by atoms with Gasteiger partial charge in [0.05, 0.1) is 18.8 Å². The molecular formula is C18H21N5O. The number of rotatable bonds is 4. The highest BCUT2D eigenvalue weighted by atomic mass is 16.5. The van der Waals surface area contributed by atoms with Crippen LogP contribution in [0, 0.1) is 0 Å². The molecule has 3 heterocycles. The number of hydrogen-bond donors (Lipinski definition) is 0. The summed E-state index contributed by atoms with van der Waals surface area (Å²) in [6, 6.07) is 10.9. The van der Waals surface area contributed by atoms with E-state index in [-0.39, 0.29) is 0 Å². The molecule has 1 aliphatic rings. The molecule has 0 amide bonds. The average Bonchev–Trinajstić information content (AvgIpc) is 3.10. The van der Waals surface area contributed by atoms with Crippen molar-refractivity contribution in [3.8, 4) is 0 Å². The lowest BCUT2D eigenvalue weighted by Crippen LogP contribution is -2.35. The van der Waals surface area contributed by atoms with E-state index >= 15 is 0 Å². The summed E-state index contributed by atoms with van der Waals surface area (Å²) in [6.45, 7) is 2.47. The number of anilines is 1. The van der Waals surface area contributed by atoms with Crippen molar-refractivity contribution < 1.29 is 4.74 Å². The minimum Gasteiger partial charge on any atom is -0.378 e. The molecule has 1 aliphatic heterocycles. The molecule has 6 nitrogen and oxygen atoms in total. The Morgan fingerprint density at radius 1 is 1.17 bits per heavy atom. The van der Waals surface area contributed by atoms with Gasteiger partial charge in [0.1, 0.15) is 11.5 Å². The van der Waals surface area contributed by atoms with Crippen LogP contribution in [0.4, 0.5) is 5.82 Å². The Morgan fingerprint density at radius 2 is 2.00 bits per heavy atom. The molecule has 0 radical (unpaired) electrons. The van der Waals surface area contributed by atoms with Gasteiger partial charge in [-0.05, 0) is 24.3 Å². The molecule has 1 fully saturated rings. The lowest BCUT2D eigenvalue weighted by Gasteiger charge is -2.33. The standard InChI is InChI=1S/C18H21N5O/c1-24-13-15-12-23(21-20-15)16-7-10-22(11-8-16)18-17-5-3-2-4-14(17)6-9-19-18/h2-6,9,12,16H,7-8,10-11,13H2,1H3. The second-order valence-electron chi connectivity index (χ2n) is 6.20. The fourth-order valence-electron chi connectivity index (χ4n) is 3.40. The molecule has 0 bridgehead atoms. The Morgan fingerprint density at radius 3 is 2.83 bits per heavy atom. The molecule has 0 atom stereocenters. The molecule has 1 saturated heterocycles. The lowest BCUT2D eigenvalue weighted by molar-refractivity contribution is 0.181. The molecule has 0 saturated carbocycles. The number of pyridine rings is 1. The van der Waals surface area contributed by atoms with Crippen molar-refractivity contribution in [1.82, 2.24) is 20.0 Å². The van der Waals surface area contributed by atoms with Gasteiger partial charge in [0, 0.05) is 31.8 Å². The first-order chi connectivity index (χ1) is 11.8. The maximum Gasteiger partial charge on any atom is 0.136 e. The van der Waals surface area contributed by atoms with Crippen LogP contribution in [0.15, 0.2) is 42.7 Å². The third kappa shape index (κ3) is 2.85. The van der Waals surface area contributed by atoms with E-state index in [1.54, 1.807) is 7.11 Å². The summed E-state index contributed by atoms with van der Waals surface area (Å²) in [5.41, 5.74) is 0.885. The van der Waals surface area contributed by atoms with Crippen molar-refractivity contribution in [3.05, 3.63) is 48.4 Å². The van der Waals surface area contributed by atoms with E-state index in [1.165, 1.54) is 10.8 Å². The number of fused-ring (bicyclic) bond motifs is 1. The van der Waals surface area contributed by atoms with Gasteiger partial charge in [-0.1, -0.05) is 29.5 Å². The summed E-state index contributed by atoms with van der Waals surface area (Å²) >= 11 is 0. The van der Waals surface area contributed by atoms with Crippen molar-refractivity contribution in [2.24, 2.45) is 0 Å². The first-order valence-corrected chi connectivity index (χ1v) is 8.33. The fourth-order valence-corrected chi connectivity index (χ4v) is 3.40. The van der Waals surface area contributed by atoms with Crippen LogP contribution in [0.3, 0.4) is 0 Å². The number of methoxy groups -OCH3 is 1. The molecule has 3 aromatic rings. The van der Waals surface area contributed by atoms with Gasteiger partial charge in [-0.3, -0.25) is 0 Å². The Kier molecular flexibility index (Phi) is 4.13. The first-order valence-electron chi connectivity index (χ1n) is 8.33. The van der Waals surface area contributed by atoms with E-state index < -0.39 is 0 Å². The predicted octanol–water partition coefficient (Wildman–Crippen LogP) is 2.81. The van der Waals surface area contributed by atoms with E-state index in [9.17, 15) is 0 Å².